The van der Waals surface area contributed by atoms with Gasteiger partial charge in [-0.25, -0.2) is 0 Å². The van der Waals surface area contributed by atoms with Gasteiger partial charge in [0, 0.05) is 40.4 Å². The van der Waals surface area contributed by atoms with Crippen LogP contribution in [0.4, 0.5) is 0 Å². The quantitative estimate of drug-likeness (QED) is 0.215. The number of benzene rings is 4. The zero-order valence-corrected chi connectivity index (χ0v) is 22.6. The van der Waals surface area contributed by atoms with Gasteiger partial charge in [0.25, 0.3) is 0 Å². The molecule has 3 nitrogen and oxygen atoms in total. The maximum absolute atomic E-state index is 6.79. The normalized spacial score (nSPS) is 12.2. The van der Waals surface area contributed by atoms with Crippen molar-refractivity contribution < 1.29 is 0 Å². The molecule has 0 aliphatic heterocycles. The van der Waals surface area contributed by atoms with Crippen LogP contribution in [-0.4, -0.2) is 9.55 Å². The highest BCUT2D eigenvalue weighted by Crippen LogP contribution is 2.31. The van der Waals surface area contributed by atoms with E-state index in [0.29, 0.717) is 0 Å². The first-order chi connectivity index (χ1) is 19.6. The number of hydrogen-bond donors (Lipinski definition) is 1. The summed E-state index contributed by atoms with van der Waals surface area (Å²) in [5, 5.41) is 3.56. The van der Waals surface area contributed by atoms with Crippen molar-refractivity contribution in [2.24, 2.45) is 5.73 Å². The summed E-state index contributed by atoms with van der Waals surface area (Å²) in [6, 6.07) is 35.9. The molecule has 6 aromatic rings. The van der Waals surface area contributed by atoms with E-state index >= 15 is 0 Å². The maximum Gasteiger partial charge on any atom is 0.0537 e. The Morgan fingerprint density at radius 2 is 1.52 bits per heavy atom. The van der Waals surface area contributed by atoms with Crippen LogP contribution in [-0.2, 0) is 6.42 Å². The fourth-order valence-electron chi connectivity index (χ4n) is 5.48. The lowest BCUT2D eigenvalue weighted by molar-refractivity contribution is 1.10. The van der Waals surface area contributed by atoms with E-state index in [1.807, 2.05) is 30.6 Å². The molecule has 0 saturated carbocycles. The highest BCUT2D eigenvalue weighted by molar-refractivity contribution is 5.96. The Hall–Kier alpha value is -5.15. The summed E-state index contributed by atoms with van der Waals surface area (Å²) >= 11 is 0. The van der Waals surface area contributed by atoms with Gasteiger partial charge in [-0.15, -0.1) is 0 Å². The van der Waals surface area contributed by atoms with Gasteiger partial charge in [-0.1, -0.05) is 85.5 Å². The minimum absolute atomic E-state index is 0.739. The van der Waals surface area contributed by atoms with Crippen molar-refractivity contribution in [3.8, 4) is 5.69 Å². The molecular formula is C37H31N3. The van der Waals surface area contributed by atoms with Crippen LogP contribution in [0.1, 0.15) is 27.9 Å². The fourth-order valence-corrected chi connectivity index (χ4v) is 5.48. The van der Waals surface area contributed by atoms with Crippen LogP contribution in [0.25, 0.3) is 44.7 Å². The Kier molecular flexibility index (Phi) is 6.86. The van der Waals surface area contributed by atoms with Crippen molar-refractivity contribution in [1.29, 1.82) is 0 Å². The molecule has 0 saturated heterocycles. The minimum atomic E-state index is 0.739. The molecule has 3 heteroatoms. The van der Waals surface area contributed by atoms with Crippen LogP contribution < -0.4 is 5.73 Å². The number of para-hydroxylation sites is 1. The van der Waals surface area contributed by atoms with E-state index in [4.69, 9.17) is 5.73 Å². The van der Waals surface area contributed by atoms with Gasteiger partial charge in [-0.3, -0.25) is 4.98 Å². The number of aryl methyl sites for hydroxylation is 1. The van der Waals surface area contributed by atoms with Gasteiger partial charge in [-0.05, 0) is 88.9 Å². The summed E-state index contributed by atoms with van der Waals surface area (Å²) in [6.07, 6.45) is 10.7. The number of allylic oxidation sites excluding steroid dienone is 3. The van der Waals surface area contributed by atoms with Gasteiger partial charge in [0.05, 0.1) is 5.52 Å². The summed E-state index contributed by atoms with van der Waals surface area (Å²) in [4.78, 5) is 4.16. The van der Waals surface area contributed by atoms with Crippen LogP contribution >= 0.6 is 0 Å². The zero-order chi connectivity index (χ0) is 27.5. The molecule has 0 aliphatic carbocycles. The van der Waals surface area contributed by atoms with Crippen LogP contribution in [0.5, 0.6) is 0 Å². The predicted octanol–water partition coefficient (Wildman–Crippen LogP) is 8.76. The number of nitrogens with two attached hydrogens (primary N) is 1. The number of pyridine rings is 1. The van der Waals surface area contributed by atoms with Crippen molar-refractivity contribution in [3.63, 3.8) is 0 Å². The van der Waals surface area contributed by atoms with E-state index < -0.39 is 0 Å². The van der Waals surface area contributed by atoms with Crippen molar-refractivity contribution in [1.82, 2.24) is 9.55 Å². The zero-order valence-electron chi connectivity index (χ0n) is 22.6. The lowest BCUT2D eigenvalue weighted by atomic mass is 9.97. The lowest BCUT2D eigenvalue weighted by Crippen LogP contribution is -1.99. The number of aromatic nitrogens is 2. The molecule has 0 spiro atoms. The molecule has 0 bridgehead atoms. The maximum atomic E-state index is 6.79. The molecule has 4 aromatic carbocycles. The second kappa shape index (κ2) is 10.9. The summed E-state index contributed by atoms with van der Waals surface area (Å²) in [5.74, 6) is 0. The molecule has 0 unspecified atom stereocenters. The topological polar surface area (TPSA) is 43.8 Å². The monoisotopic (exact) mass is 517 g/mol. The Balaban J connectivity index is 1.43. The van der Waals surface area contributed by atoms with E-state index in [9.17, 15) is 0 Å². The summed E-state index contributed by atoms with van der Waals surface area (Å²) < 4.78 is 2.28. The second-order valence-electron chi connectivity index (χ2n) is 9.96. The molecule has 0 fully saturated rings. The third-order valence-electron chi connectivity index (χ3n) is 7.54. The highest BCUT2D eigenvalue weighted by Gasteiger charge is 2.13. The molecule has 2 N–H and O–H groups in total. The summed E-state index contributed by atoms with van der Waals surface area (Å²) in [6.45, 7) is 6.26. The van der Waals surface area contributed by atoms with E-state index in [0.717, 1.165) is 45.6 Å². The molecule has 2 heterocycles. The summed E-state index contributed by atoms with van der Waals surface area (Å²) in [7, 11) is 0. The molecule has 40 heavy (non-hydrogen) atoms. The first kappa shape index (κ1) is 25.1. The third-order valence-corrected chi connectivity index (χ3v) is 7.54. The van der Waals surface area contributed by atoms with Gasteiger partial charge in [-0.2, -0.15) is 0 Å². The van der Waals surface area contributed by atoms with E-state index in [2.05, 4.69) is 126 Å². The molecule has 2 aromatic heterocycles. The molecule has 0 amide bonds. The van der Waals surface area contributed by atoms with E-state index in [-0.39, 0.29) is 0 Å². The van der Waals surface area contributed by atoms with E-state index in [1.54, 1.807) is 0 Å². The first-order valence-corrected chi connectivity index (χ1v) is 13.5. The molecule has 0 radical (unpaired) electrons. The molecule has 0 atom stereocenters. The van der Waals surface area contributed by atoms with Crippen LogP contribution in [0.15, 0.2) is 134 Å². The van der Waals surface area contributed by atoms with Crippen molar-refractivity contribution in [2.75, 3.05) is 0 Å². The highest BCUT2D eigenvalue weighted by atomic mass is 15.0. The standard InChI is InChI=1S/C37H31N3/c1-3-36-26(2)32-11-6-7-14-37(32)40(36)31-19-17-28(18-20-31)30(16-15-27-21-23-39-24-22-27)25-35(38)34-13-8-10-29-9-4-5-12-33(29)34/h3-14,16-25H,1,15,38H2,2H3/b30-16+,35-25-. The van der Waals surface area contributed by atoms with Crippen molar-refractivity contribution in [2.45, 2.75) is 13.3 Å². The fraction of sp³-hybridized carbons (Fsp3) is 0.0541. The van der Waals surface area contributed by atoms with Crippen LogP contribution in [0, 0.1) is 6.92 Å². The smallest absolute Gasteiger partial charge is 0.0537 e. The average molecular weight is 518 g/mol. The Bertz CT molecular complexity index is 1880. The molecular weight excluding hydrogens is 486 g/mol. The van der Waals surface area contributed by atoms with Gasteiger partial charge in [0.2, 0.25) is 0 Å². The SMILES string of the molecule is C=Cc1c(C)c2ccccc2n1-c1ccc(C(/C=C(\N)c2cccc3ccccc23)=C/Cc2ccncc2)cc1. The molecule has 0 aliphatic rings. The largest absolute Gasteiger partial charge is 0.398 e. The lowest BCUT2D eigenvalue weighted by Gasteiger charge is -2.12. The van der Waals surface area contributed by atoms with Crippen LogP contribution in [0.2, 0.25) is 0 Å². The Morgan fingerprint density at radius 1 is 0.825 bits per heavy atom. The van der Waals surface area contributed by atoms with Crippen molar-refractivity contribution >= 4 is 39.0 Å². The Labute approximate surface area is 235 Å². The average Bonchev–Trinajstić information content (AvgIpc) is 3.30. The van der Waals surface area contributed by atoms with Gasteiger partial charge in [0.1, 0.15) is 0 Å². The van der Waals surface area contributed by atoms with Crippen molar-refractivity contribution in [3.05, 3.63) is 162 Å². The van der Waals surface area contributed by atoms with Gasteiger partial charge < -0.3 is 10.3 Å². The van der Waals surface area contributed by atoms with Crippen LogP contribution in [0.3, 0.4) is 0 Å². The number of fused-ring (bicyclic) bond motifs is 2. The second-order valence-corrected chi connectivity index (χ2v) is 9.96. The number of hydrogen-bond acceptors (Lipinski definition) is 2. The summed E-state index contributed by atoms with van der Waals surface area (Å²) in [5.41, 5.74) is 16.6. The number of rotatable bonds is 7. The number of nitrogens with zero attached hydrogens (tertiary/aromatic N) is 2. The first-order valence-electron chi connectivity index (χ1n) is 13.5. The predicted molar refractivity (Wildman–Crippen MR) is 170 cm³/mol. The van der Waals surface area contributed by atoms with Gasteiger partial charge >= 0.3 is 0 Å². The minimum Gasteiger partial charge on any atom is -0.398 e. The Morgan fingerprint density at radius 3 is 2.30 bits per heavy atom. The third kappa shape index (κ3) is 4.74. The van der Waals surface area contributed by atoms with Gasteiger partial charge in [0.15, 0.2) is 0 Å². The van der Waals surface area contributed by atoms with E-state index in [1.165, 1.54) is 27.4 Å². The molecule has 6 rings (SSSR count). The molecule has 194 valence electrons.